The van der Waals surface area contributed by atoms with Gasteiger partial charge in [0.15, 0.2) is 0 Å². The molecule has 0 unspecified atom stereocenters. The van der Waals surface area contributed by atoms with Gasteiger partial charge in [-0.2, -0.15) is 0 Å². The van der Waals surface area contributed by atoms with Crippen molar-refractivity contribution >= 4 is 21.6 Å². The molecule has 76 valence electrons. The highest BCUT2D eigenvalue weighted by atomic mass is 79.9. The van der Waals surface area contributed by atoms with E-state index in [9.17, 15) is 0 Å². The normalized spacial score (nSPS) is 12.1. The Bertz CT molecular complexity index is 319. The van der Waals surface area contributed by atoms with E-state index in [0.29, 0.717) is 12.3 Å². The fourth-order valence-corrected chi connectivity index (χ4v) is 1.39. The molecular formula is C10H13BrN2O. The van der Waals surface area contributed by atoms with Gasteiger partial charge in [-0.15, -0.1) is 0 Å². The topological polar surface area (TPSA) is 35.8 Å². The lowest BCUT2D eigenvalue weighted by Gasteiger charge is -2.10. The zero-order valence-electron chi connectivity index (χ0n) is 8.24. The molecule has 0 aliphatic heterocycles. The van der Waals surface area contributed by atoms with Crippen molar-refractivity contribution < 1.29 is 5.21 Å². The maximum atomic E-state index is 8.85. The van der Waals surface area contributed by atoms with E-state index in [1.54, 1.807) is 0 Å². The molecule has 14 heavy (non-hydrogen) atoms. The second kappa shape index (κ2) is 5.12. The van der Waals surface area contributed by atoms with Crippen LogP contribution in [0, 0.1) is 0 Å². The van der Waals surface area contributed by atoms with E-state index in [0.717, 1.165) is 10.0 Å². The van der Waals surface area contributed by atoms with Crippen LogP contribution in [0.3, 0.4) is 0 Å². The summed E-state index contributed by atoms with van der Waals surface area (Å²) in [5.41, 5.74) is 1.60. The van der Waals surface area contributed by atoms with Gasteiger partial charge in [0, 0.05) is 16.6 Å². The summed E-state index contributed by atoms with van der Waals surface area (Å²) in [4.78, 5) is 1.96. The van der Waals surface area contributed by atoms with Gasteiger partial charge in [-0.25, -0.2) is 0 Å². The van der Waals surface area contributed by atoms with E-state index < -0.39 is 0 Å². The lowest BCUT2D eigenvalue weighted by Crippen LogP contribution is -2.22. The zero-order valence-corrected chi connectivity index (χ0v) is 9.82. The zero-order chi connectivity index (χ0) is 10.6. The molecule has 0 amide bonds. The molecule has 0 atom stereocenters. The first-order valence-electron chi connectivity index (χ1n) is 4.25. The third-order valence-corrected chi connectivity index (χ3v) is 2.29. The van der Waals surface area contributed by atoms with Crippen LogP contribution < -0.4 is 0 Å². The van der Waals surface area contributed by atoms with Crippen LogP contribution in [0.25, 0.3) is 0 Å². The minimum atomic E-state index is 0.623. The average molecular weight is 257 g/mol. The quantitative estimate of drug-likeness (QED) is 0.512. The molecule has 0 saturated carbocycles. The van der Waals surface area contributed by atoms with Crippen LogP contribution in [0.2, 0.25) is 0 Å². The molecule has 0 bridgehead atoms. The average Bonchev–Trinajstić information content (AvgIpc) is 2.15. The molecule has 1 N–H and O–H groups in total. The van der Waals surface area contributed by atoms with Crippen molar-refractivity contribution in [3.05, 3.63) is 34.3 Å². The third kappa shape index (κ3) is 3.12. The molecule has 4 heteroatoms. The molecule has 1 aromatic carbocycles. The van der Waals surface area contributed by atoms with Crippen LogP contribution in [0.1, 0.15) is 5.56 Å². The molecule has 3 nitrogen and oxygen atoms in total. The first-order valence-corrected chi connectivity index (χ1v) is 5.04. The smallest absolute Gasteiger partial charge is 0.101 e. The Hall–Kier alpha value is -0.870. The molecule has 0 aromatic heterocycles. The van der Waals surface area contributed by atoms with Gasteiger partial charge in [0.2, 0.25) is 0 Å². The van der Waals surface area contributed by atoms with Gasteiger partial charge in [-0.3, -0.25) is 0 Å². The van der Waals surface area contributed by atoms with Gasteiger partial charge in [0.05, 0.1) is 0 Å². The Morgan fingerprint density at radius 2 is 1.93 bits per heavy atom. The Labute approximate surface area is 92.2 Å². The molecule has 0 aliphatic rings. The highest BCUT2D eigenvalue weighted by Gasteiger charge is 2.04. The first-order chi connectivity index (χ1) is 6.63. The largest absolute Gasteiger partial charge is 0.411 e. The predicted molar refractivity (Wildman–Crippen MR) is 61.0 cm³/mol. The van der Waals surface area contributed by atoms with Crippen LogP contribution in [-0.4, -0.2) is 36.5 Å². The van der Waals surface area contributed by atoms with E-state index in [1.165, 1.54) is 0 Å². The number of halogens is 1. The molecular weight excluding hydrogens is 244 g/mol. The summed E-state index contributed by atoms with van der Waals surface area (Å²) in [5, 5.41) is 12.1. The van der Waals surface area contributed by atoms with E-state index >= 15 is 0 Å². The van der Waals surface area contributed by atoms with Crippen LogP contribution in [0.4, 0.5) is 0 Å². The van der Waals surface area contributed by atoms with Gasteiger partial charge in [0.1, 0.15) is 5.71 Å². The first kappa shape index (κ1) is 11.2. The van der Waals surface area contributed by atoms with Gasteiger partial charge >= 0.3 is 0 Å². The lowest BCUT2D eigenvalue weighted by atomic mass is 10.1. The minimum absolute atomic E-state index is 0.623. The molecule has 0 radical (unpaired) electrons. The molecule has 1 aromatic rings. The summed E-state index contributed by atoms with van der Waals surface area (Å²) >= 11 is 3.35. The van der Waals surface area contributed by atoms with Gasteiger partial charge in [0.25, 0.3) is 0 Å². The summed E-state index contributed by atoms with van der Waals surface area (Å²) in [6.45, 7) is 0.623. The summed E-state index contributed by atoms with van der Waals surface area (Å²) < 4.78 is 1.02. The summed E-state index contributed by atoms with van der Waals surface area (Å²) in [6, 6.07) is 7.69. The Balaban J connectivity index is 2.85. The van der Waals surface area contributed by atoms with E-state index in [-0.39, 0.29) is 0 Å². The van der Waals surface area contributed by atoms with Crippen LogP contribution >= 0.6 is 15.9 Å². The maximum absolute atomic E-state index is 8.85. The molecule has 0 heterocycles. The maximum Gasteiger partial charge on any atom is 0.101 e. The number of hydrogen-bond acceptors (Lipinski definition) is 3. The monoisotopic (exact) mass is 256 g/mol. The van der Waals surface area contributed by atoms with Crippen molar-refractivity contribution in [1.29, 1.82) is 0 Å². The van der Waals surface area contributed by atoms with Crippen LogP contribution in [0.15, 0.2) is 33.9 Å². The number of benzene rings is 1. The number of hydrogen-bond donors (Lipinski definition) is 1. The molecule has 0 spiro atoms. The Morgan fingerprint density at radius 3 is 2.36 bits per heavy atom. The fraction of sp³-hybridized carbons (Fsp3) is 0.300. The molecule has 1 rings (SSSR count). The summed E-state index contributed by atoms with van der Waals surface area (Å²) in [7, 11) is 3.87. The van der Waals surface area contributed by atoms with Gasteiger partial charge in [-0.1, -0.05) is 33.2 Å². The molecule has 0 saturated heterocycles. The molecule has 0 fully saturated rings. The van der Waals surface area contributed by atoms with Crippen molar-refractivity contribution in [2.24, 2.45) is 5.16 Å². The third-order valence-electron chi connectivity index (χ3n) is 1.76. The summed E-state index contributed by atoms with van der Waals surface area (Å²) in [6.07, 6.45) is 0. The minimum Gasteiger partial charge on any atom is -0.411 e. The summed E-state index contributed by atoms with van der Waals surface area (Å²) in [5.74, 6) is 0. The van der Waals surface area contributed by atoms with E-state index in [4.69, 9.17) is 5.21 Å². The molecule has 0 aliphatic carbocycles. The van der Waals surface area contributed by atoms with Gasteiger partial charge in [-0.05, 0) is 26.2 Å². The predicted octanol–water partition coefficient (Wildman–Crippen LogP) is 2.19. The van der Waals surface area contributed by atoms with E-state index in [1.807, 2.05) is 43.3 Å². The highest BCUT2D eigenvalue weighted by Crippen LogP contribution is 2.11. The van der Waals surface area contributed by atoms with Crippen molar-refractivity contribution in [3.8, 4) is 0 Å². The second-order valence-electron chi connectivity index (χ2n) is 3.29. The van der Waals surface area contributed by atoms with Crippen molar-refractivity contribution in [2.75, 3.05) is 20.6 Å². The van der Waals surface area contributed by atoms with Crippen molar-refractivity contribution in [1.82, 2.24) is 4.90 Å². The van der Waals surface area contributed by atoms with E-state index in [2.05, 4.69) is 21.1 Å². The van der Waals surface area contributed by atoms with Crippen molar-refractivity contribution in [3.63, 3.8) is 0 Å². The van der Waals surface area contributed by atoms with Crippen molar-refractivity contribution in [2.45, 2.75) is 0 Å². The Morgan fingerprint density at radius 1 is 1.36 bits per heavy atom. The standard InChI is InChI=1S/C10H13BrN2O/c1-13(2)7-10(12-14)8-3-5-9(11)6-4-8/h3-6,14H,7H2,1-2H3/b12-10+. The Kier molecular flexibility index (Phi) is 4.10. The van der Waals surface area contributed by atoms with Crippen LogP contribution in [-0.2, 0) is 0 Å². The van der Waals surface area contributed by atoms with Gasteiger partial charge < -0.3 is 10.1 Å². The number of nitrogens with zero attached hydrogens (tertiary/aromatic N) is 2. The fourth-order valence-electron chi connectivity index (χ4n) is 1.12. The van der Waals surface area contributed by atoms with Crippen LogP contribution in [0.5, 0.6) is 0 Å². The number of oxime groups is 1. The highest BCUT2D eigenvalue weighted by molar-refractivity contribution is 9.10. The number of rotatable bonds is 3. The lowest BCUT2D eigenvalue weighted by molar-refractivity contribution is 0.315. The number of likely N-dealkylation sites (N-methyl/N-ethyl adjacent to an activating group) is 1. The second-order valence-corrected chi connectivity index (χ2v) is 4.21. The SMILES string of the molecule is CN(C)C/C(=N\O)c1ccc(Br)cc1.